The lowest BCUT2D eigenvalue weighted by Gasteiger charge is -2.32. The number of hydrogen-bond donors (Lipinski definition) is 0. The van der Waals surface area contributed by atoms with Crippen LogP contribution in [0.3, 0.4) is 0 Å². The van der Waals surface area contributed by atoms with Crippen LogP contribution in [0.5, 0.6) is 0 Å². The number of halogens is 8. The standard InChI is InChI=1S/C14H8Cl2F6N4O2S/c1-24-26-9(5-23)11(29(27)14(20,21)22)12(28-2)25(26)10-7(15)3-6(4-8(10)16)13(17,18)19/h3-4,12H,1H2,2H3. The van der Waals surface area contributed by atoms with Gasteiger partial charge in [0, 0.05) is 13.8 Å². The highest BCUT2D eigenvalue weighted by atomic mass is 35.5. The molecule has 29 heavy (non-hydrogen) atoms. The zero-order valence-corrected chi connectivity index (χ0v) is 16.3. The molecule has 2 unspecified atom stereocenters. The van der Waals surface area contributed by atoms with E-state index in [0.29, 0.717) is 22.3 Å². The average Bonchev–Trinajstić information content (AvgIpc) is 2.91. The van der Waals surface area contributed by atoms with E-state index < -0.39 is 61.0 Å². The number of hydrogen-bond acceptors (Lipinski definition) is 6. The highest BCUT2D eigenvalue weighted by molar-refractivity contribution is 7.96. The van der Waals surface area contributed by atoms with Gasteiger partial charge in [0.25, 0.3) is 0 Å². The minimum atomic E-state index is -5.27. The highest BCUT2D eigenvalue weighted by Crippen LogP contribution is 2.47. The smallest absolute Gasteiger partial charge is 0.578 e. The van der Waals surface area contributed by atoms with Gasteiger partial charge in [0.05, 0.1) is 15.6 Å². The minimum Gasteiger partial charge on any atom is -0.604 e. The highest BCUT2D eigenvalue weighted by Gasteiger charge is 2.57. The van der Waals surface area contributed by atoms with Crippen LogP contribution in [-0.2, 0) is 22.1 Å². The third-order valence-corrected chi connectivity index (χ3v) is 5.32. The molecule has 0 bridgehead atoms. The van der Waals surface area contributed by atoms with Crippen molar-refractivity contribution in [1.82, 2.24) is 5.12 Å². The van der Waals surface area contributed by atoms with Crippen LogP contribution in [0.15, 0.2) is 27.8 Å². The first-order valence-electron chi connectivity index (χ1n) is 7.07. The number of methoxy groups -OCH3 is 1. The molecule has 1 heterocycles. The molecule has 0 fully saturated rings. The number of ether oxygens (including phenoxy) is 1. The fourth-order valence-electron chi connectivity index (χ4n) is 2.44. The Kier molecular flexibility index (Phi) is 6.56. The number of anilines is 1. The molecule has 0 amide bonds. The molecule has 0 aliphatic carbocycles. The molecular weight excluding hydrogens is 473 g/mol. The van der Waals surface area contributed by atoms with Gasteiger partial charge in [0.15, 0.2) is 0 Å². The Balaban J connectivity index is 2.72. The third-order valence-electron chi connectivity index (χ3n) is 3.53. The Labute approximate surface area is 172 Å². The normalized spacial score (nSPS) is 18.9. The number of hydrazine groups is 1. The summed E-state index contributed by atoms with van der Waals surface area (Å²) in [5.41, 5.74) is -7.84. The van der Waals surface area contributed by atoms with Crippen molar-refractivity contribution < 1.29 is 35.6 Å². The van der Waals surface area contributed by atoms with Crippen molar-refractivity contribution >= 4 is 46.8 Å². The molecule has 1 aromatic rings. The Hall–Kier alpha value is -1.85. The van der Waals surface area contributed by atoms with Gasteiger partial charge in [-0.15, -0.1) is 13.2 Å². The zero-order valence-electron chi connectivity index (χ0n) is 14.0. The Morgan fingerprint density at radius 3 is 2.10 bits per heavy atom. The molecule has 0 saturated carbocycles. The number of alkyl halides is 6. The summed E-state index contributed by atoms with van der Waals surface area (Å²) in [6.45, 7) is 3.10. The summed E-state index contributed by atoms with van der Waals surface area (Å²) in [5.74, 6) is 0. The van der Waals surface area contributed by atoms with Gasteiger partial charge in [-0.1, -0.05) is 23.2 Å². The molecule has 0 saturated heterocycles. The Morgan fingerprint density at radius 2 is 1.76 bits per heavy atom. The van der Waals surface area contributed by atoms with Crippen LogP contribution in [0.1, 0.15) is 5.56 Å². The second-order valence-corrected chi connectivity index (χ2v) is 7.44. The van der Waals surface area contributed by atoms with Crippen molar-refractivity contribution in [2.24, 2.45) is 5.10 Å². The topological polar surface area (TPSA) is 74.9 Å². The van der Waals surface area contributed by atoms with Crippen LogP contribution < -0.4 is 5.01 Å². The molecule has 1 aliphatic heterocycles. The monoisotopic (exact) mass is 480 g/mol. The fourth-order valence-corrected chi connectivity index (χ4v) is 4.03. The van der Waals surface area contributed by atoms with E-state index >= 15 is 0 Å². The summed E-state index contributed by atoms with van der Waals surface area (Å²) in [6, 6.07) is 2.35. The van der Waals surface area contributed by atoms with Crippen LogP contribution in [0.4, 0.5) is 32.0 Å². The van der Waals surface area contributed by atoms with Crippen molar-refractivity contribution in [2.75, 3.05) is 12.1 Å². The largest absolute Gasteiger partial charge is 0.604 e. The first kappa shape index (κ1) is 23.4. The van der Waals surface area contributed by atoms with E-state index in [-0.39, 0.29) is 0 Å². The lowest BCUT2D eigenvalue weighted by molar-refractivity contribution is -0.137. The predicted molar refractivity (Wildman–Crippen MR) is 93.0 cm³/mol. The number of nitrogens with zero attached hydrogens (tertiary/aromatic N) is 4. The van der Waals surface area contributed by atoms with Gasteiger partial charge in [-0.2, -0.15) is 28.7 Å². The van der Waals surface area contributed by atoms with Crippen molar-refractivity contribution in [2.45, 2.75) is 17.9 Å². The molecular formula is C14H8Cl2F6N4O2S. The summed E-state index contributed by atoms with van der Waals surface area (Å²) >= 11 is 8.08. The molecule has 6 nitrogen and oxygen atoms in total. The van der Waals surface area contributed by atoms with Gasteiger partial charge in [-0.05, 0) is 12.1 Å². The second kappa shape index (κ2) is 8.11. The van der Waals surface area contributed by atoms with Crippen LogP contribution >= 0.6 is 23.2 Å². The number of hydrazone groups is 1. The summed E-state index contributed by atoms with van der Waals surface area (Å²) in [6.07, 6.45) is -6.70. The summed E-state index contributed by atoms with van der Waals surface area (Å²) < 4.78 is 94.9. The van der Waals surface area contributed by atoms with Gasteiger partial charge < -0.3 is 9.29 Å². The van der Waals surface area contributed by atoms with Crippen molar-refractivity contribution in [3.8, 4) is 6.07 Å². The Bertz CT molecular complexity index is 879. The first-order valence-corrected chi connectivity index (χ1v) is 8.98. The molecule has 1 aliphatic rings. The van der Waals surface area contributed by atoms with Gasteiger partial charge >= 0.3 is 11.7 Å². The second-order valence-electron chi connectivity index (χ2n) is 5.19. The zero-order chi connectivity index (χ0) is 22.3. The van der Waals surface area contributed by atoms with Gasteiger partial charge in [0.2, 0.25) is 16.8 Å². The predicted octanol–water partition coefficient (Wildman–Crippen LogP) is 4.64. The van der Waals surface area contributed by atoms with E-state index in [1.165, 1.54) is 6.07 Å². The fraction of sp³-hybridized carbons (Fsp3) is 0.286. The summed E-state index contributed by atoms with van der Waals surface area (Å²) in [4.78, 5) is -1.05. The molecule has 0 spiro atoms. The van der Waals surface area contributed by atoms with Crippen molar-refractivity contribution in [3.63, 3.8) is 0 Å². The van der Waals surface area contributed by atoms with E-state index in [0.717, 1.165) is 7.11 Å². The van der Waals surface area contributed by atoms with E-state index in [2.05, 4.69) is 11.8 Å². The molecule has 15 heteroatoms. The van der Waals surface area contributed by atoms with Gasteiger partial charge in [-0.25, -0.2) is 5.01 Å². The number of rotatable bonds is 4. The lowest BCUT2D eigenvalue weighted by Crippen LogP contribution is -2.43. The van der Waals surface area contributed by atoms with Crippen LogP contribution in [0.2, 0.25) is 10.0 Å². The maximum Gasteiger partial charge on any atom is 0.578 e. The SMILES string of the molecule is C=NN1C(C#N)=C([S+]([O-])C(F)(F)F)C(OC)N1c1c(Cl)cc(C(F)(F)F)cc1Cl. The molecule has 158 valence electrons. The van der Waals surface area contributed by atoms with Gasteiger partial charge in [0.1, 0.15) is 22.9 Å². The molecule has 0 aromatic heterocycles. The summed E-state index contributed by atoms with van der Waals surface area (Å²) in [7, 11) is 0.915. The number of allylic oxidation sites excluding steroid dienone is 1. The third kappa shape index (κ3) is 4.22. The lowest BCUT2D eigenvalue weighted by atomic mass is 10.2. The molecule has 0 N–H and O–H groups in total. The maximum atomic E-state index is 13.1. The van der Waals surface area contributed by atoms with E-state index in [9.17, 15) is 36.2 Å². The van der Waals surface area contributed by atoms with Crippen molar-refractivity contribution in [1.29, 1.82) is 5.26 Å². The average molecular weight is 481 g/mol. The minimum absolute atomic E-state index is 0.466. The first-order chi connectivity index (χ1) is 13.3. The quantitative estimate of drug-likeness (QED) is 0.356. The van der Waals surface area contributed by atoms with E-state index in [4.69, 9.17) is 27.9 Å². The van der Waals surface area contributed by atoms with E-state index in [1.807, 2.05) is 0 Å². The van der Waals surface area contributed by atoms with Crippen LogP contribution in [0.25, 0.3) is 0 Å². The molecule has 2 atom stereocenters. The van der Waals surface area contributed by atoms with Crippen LogP contribution in [-0.4, -0.2) is 35.2 Å². The number of nitriles is 1. The van der Waals surface area contributed by atoms with Crippen LogP contribution in [0, 0.1) is 11.3 Å². The van der Waals surface area contributed by atoms with Crippen molar-refractivity contribution in [3.05, 3.63) is 38.3 Å². The summed E-state index contributed by atoms with van der Waals surface area (Å²) in [5, 5.41) is 12.5. The Morgan fingerprint density at radius 1 is 1.24 bits per heavy atom. The van der Waals surface area contributed by atoms with Gasteiger partial charge in [-0.3, -0.25) is 0 Å². The maximum absolute atomic E-state index is 13.1. The molecule has 0 radical (unpaired) electrons. The molecule has 2 rings (SSSR count). The van der Waals surface area contributed by atoms with E-state index in [1.54, 1.807) is 0 Å². The molecule has 1 aromatic carbocycles. The number of benzene rings is 1.